The molecule has 1 rings (SSSR count). The summed E-state index contributed by atoms with van der Waals surface area (Å²) in [6.07, 6.45) is 4.39. The molecule has 0 unspecified atom stereocenters. The van der Waals surface area contributed by atoms with Crippen molar-refractivity contribution in [3.8, 4) is 0 Å². The highest BCUT2D eigenvalue weighted by Crippen LogP contribution is 2.33. The summed E-state index contributed by atoms with van der Waals surface area (Å²) in [6, 6.07) is 0. The summed E-state index contributed by atoms with van der Waals surface area (Å²) in [7, 11) is 0. The third-order valence-electron chi connectivity index (χ3n) is 1.92. The minimum absolute atomic E-state index is 1.000. The molecule has 1 saturated carbocycles. The molecule has 0 aromatic carbocycles. The maximum Gasteiger partial charge on any atom is -0.0272 e. The lowest BCUT2D eigenvalue weighted by molar-refractivity contribution is 0.333. The Balaban J connectivity index is 2.14. The Bertz CT molecular complexity index is 51.1. The first-order chi connectivity index (χ1) is 3.30. The van der Waals surface area contributed by atoms with Crippen molar-refractivity contribution in [3.63, 3.8) is 0 Å². The van der Waals surface area contributed by atoms with E-state index in [1.807, 2.05) is 0 Å². The van der Waals surface area contributed by atoms with E-state index in [0.717, 1.165) is 5.92 Å². The van der Waals surface area contributed by atoms with Crippen LogP contribution in [0.1, 0.15) is 33.1 Å². The largest absolute Gasteiger partial charge is 0.0591 e. The maximum atomic E-state index is 2.24. The Morgan fingerprint density at radius 3 is 1.86 bits per heavy atom. The monoisotopic (exact) mass is 97.1 g/mol. The minimum Gasteiger partial charge on any atom is -0.0591 e. The van der Waals surface area contributed by atoms with Crippen LogP contribution in [-0.2, 0) is 0 Å². The van der Waals surface area contributed by atoms with Crippen molar-refractivity contribution in [3.05, 3.63) is 5.92 Å². The lowest BCUT2D eigenvalue weighted by Crippen LogP contribution is -2.15. The van der Waals surface area contributed by atoms with Gasteiger partial charge in [-0.1, -0.05) is 20.3 Å². The molecule has 0 spiro atoms. The maximum absolute atomic E-state index is 2.24. The van der Waals surface area contributed by atoms with E-state index >= 15 is 0 Å². The highest BCUT2D eigenvalue weighted by molar-refractivity contribution is 4.91. The molecule has 0 saturated heterocycles. The van der Waals surface area contributed by atoms with Crippen molar-refractivity contribution in [2.45, 2.75) is 33.1 Å². The summed E-state index contributed by atoms with van der Waals surface area (Å²) in [5, 5.41) is 0. The number of hydrogen-bond acceptors (Lipinski definition) is 0. The Morgan fingerprint density at radius 2 is 1.86 bits per heavy atom. The summed E-state index contributed by atoms with van der Waals surface area (Å²) >= 11 is 0. The molecule has 1 radical (unpaired) electrons. The molecular weight excluding hydrogens is 84.1 g/mol. The van der Waals surface area contributed by atoms with E-state index in [-0.39, 0.29) is 0 Å². The number of rotatable bonds is 1. The quantitative estimate of drug-likeness (QED) is 0.471. The van der Waals surface area contributed by atoms with E-state index in [2.05, 4.69) is 13.8 Å². The SMILES string of the molecule is C[C](C)C1CCC1. The van der Waals surface area contributed by atoms with Gasteiger partial charge in [0.1, 0.15) is 0 Å². The van der Waals surface area contributed by atoms with Crippen LogP contribution in [-0.4, -0.2) is 0 Å². The third-order valence-corrected chi connectivity index (χ3v) is 1.92. The fourth-order valence-corrected chi connectivity index (χ4v) is 0.986. The van der Waals surface area contributed by atoms with Gasteiger partial charge in [-0.15, -0.1) is 0 Å². The zero-order valence-corrected chi connectivity index (χ0v) is 5.20. The molecule has 1 aliphatic rings. The summed E-state index contributed by atoms with van der Waals surface area (Å²) < 4.78 is 0. The first-order valence-corrected chi connectivity index (χ1v) is 3.11. The topological polar surface area (TPSA) is 0 Å². The molecule has 0 heterocycles. The van der Waals surface area contributed by atoms with Crippen molar-refractivity contribution in [2.24, 2.45) is 5.92 Å². The summed E-state index contributed by atoms with van der Waals surface area (Å²) in [5.41, 5.74) is 0. The Morgan fingerprint density at radius 1 is 1.29 bits per heavy atom. The molecule has 41 valence electrons. The Hall–Kier alpha value is 0. The average Bonchev–Trinajstić information content (AvgIpc) is 1.23. The van der Waals surface area contributed by atoms with Gasteiger partial charge in [-0.2, -0.15) is 0 Å². The first kappa shape index (κ1) is 5.14. The molecule has 0 aliphatic heterocycles. The Labute approximate surface area is 45.9 Å². The van der Waals surface area contributed by atoms with Crippen LogP contribution in [0.5, 0.6) is 0 Å². The van der Waals surface area contributed by atoms with Crippen LogP contribution in [0.25, 0.3) is 0 Å². The smallest absolute Gasteiger partial charge is 0.0272 e. The molecule has 0 N–H and O–H groups in total. The van der Waals surface area contributed by atoms with Crippen molar-refractivity contribution in [1.29, 1.82) is 0 Å². The molecule has 0 aromatic rings. The molecule has 0 aromatic heterocycles. The molecule has 0 heteroatoms. The van der Waals surface area contributed by atoms with Crippen molar-refractivity contribution >= 4 is 0 Å². The highest BCUT2D eigenvalue weighted by Gasteiger charge is 2.20. The summed E-state index contributed by atoms with van der Waals surface area (Å²) in [4.78, 5) is 0. The van der Waals surface area contributed by atoms with Crippen LogP contribution in [0.15, 0.2) is 0 Å². The van der Waals surface area contributed by atoms with E-state index in [0.29, 0.717) is 0 Å². The highest BCUT2D eigenvalue weighted by atomic mass is 14.3. The van der Waals surface area contributed by atoms with Crippen molar-refractivity contribution in [2.75, 3.05) is 0 Å². The molecule has 7 heavy (non-hydrogen) atoms. The van der Waals surface area contributed by atoms with Crippen LogP contribution in [0.3, 0.4) is 0 Å². The van der Waals surface area contributed by atoms with E-state index in [4.69, 9.17) is 0 Å². The number of hydrogen-bond donors (Lipinski definition) is 0. The summed E-state index contributed by atoms with van der Waals surface area (Å²) in [5.74, 6) is 2.63. The van der Waals surface area contributed by atoms with Crippen LogP contribution in [0.2, 0.25) is 0 Å². The van der Waals surface area contributed by atoms with Gasteiger partial charge in [0.15, 0.2) is 0 Å². The van der Waals surface area contributed by atoms with Crippen LogP contribution >= 0.6 is 0 Å². The van der Waals surface area contributed by atoms with E-state index in [1.54, 1.807) is 5.92 Å². The fraction of sp³-hybridized carbons (Fsp3) is 0.857. The normalized spacial score (nSPS) is 22.7. The lowest BCUT2D eigenvalue weighted by atomic mass is 9.78. The van der Waals surface area contributed by atoms with E-state index < -0.39 is 0 Å². The van der Waals surface area contributed by atoms with Gasteiger partial charge in [0.05, 0.1) is 0 Å². The second kappa shape index (κ2) is 1.85. The van der Waals surface area contributed by atoms with Gasteiger partial charge in [-0.25, -0.2) is 0 Å². The van der Waals surface area contributed by atoms with Gasteiger partial charge in [0.25, 0.3) is 0 Å². The second-order valence-corrected chi connectivity index (χ2v) is 2.71. The molecule has 0 atom stereocenters. The zero-order valence-electron chi connectivity index (χ0n) is 5.20. The Kier molecular flexibility index (Phi) is 1.36. The van der Waals surface area contributed by atoms with Crippen LogP contribution < -0.4 is 0 Å². The van der Waals surface area contributed by atoms with Gasteiger partial charge >= 0.3 is 0 Å². The predicted molar refractivity (Wildman–Crippen MR) is 31.9 cm³/mol. The van der Waals surface area contributed by atoms with Crippen molar-refractivity contribution < 1.29 is 0 Å². The third kappa shape index (κ3) is 0.960. The van der Waals surface area contributed by atoms with Crippen molar-refractivity contribution in [1.82, 2.24) is 0 Å². The zero-order chi connectivity index (χ0) is 5.28. The van der Waals surface area contributed by atoms with E-state index in [1.165, 1.54) is 19.3 Å². The van der Waals surface area contributed by atoms with Crippen LogP contribution in [0, 0.1) is 11.8 Å². The van der Waals surface area contributed by atoms with Crippen LogP contribution in [0.4, 0.5) is 0 Å². The predicted octanol–water partition coefficient (Wildman–Crippen LogP) is 2.40. The van der Waals surface area contributed by atoms with Gasteiger partial charge in [-0.3, -0.25) is 0 Å². The standard InChI is InChI=1S/C7H13/c1-6(2)7-4-3-5-7/h7H,3-5H2,1-2H3. The van der Waals surface area contributed by atoms with Gasteiger partial charge < -0.3 is 0 Å². The molecular formula is C7H13. The van der Waals surface area contributed by atoms with Gasteiger partial charge in [0.2, 0.25) is 0 Å². The van der Waals surface area contributed by atoms with E-state index in [9.17, 15) is 0 Å². The molecule has 0 bridgehead atoms. The van der Waals surface area contributed by atoms with Gasteiger partial charge in [0, 0.05) is 0 Å². The summed E-state index contributed by atoms with van der Waals surface area (Å²) in [6.45, 7) is 4.48. The minimum atomic E-state index is 1.000. The molecule has 1 aliphatic carbocycles. The molecule has 0 nitrogen and oxygen atoms in total. The lowest BCUT2D eigenvalue weighted by Gasteiger charge is -2.28. The fourth-order valence-electron chi connectivity index (χ4n) is 0.986. The molecule has 0 amide bonds. The molecule has 1 fully saturated rings. The average molecular weight is 97.2 g/mol. The first-order valence-electron chi connectivity index (χ1n) is 3.11. The van der Waals surface area contributed by atoms with Gasteiger partial charge in [-0.05, 0) is 24.7 Å². The second-order valence-electron chi connectivity index (χ2n) is 2.71.